The quantitative estimate of drug-likeness (QED) is 0.858. The SMILES string of the molecule is CCOC(=O)c1c(C)nn(C(C)c2ccc(C(=O)O)cc2)c1C. The molecule has 1 N–H and O–H groups in total. The Hall–Kier alpha value is -2.63. The molecule has 1 aromatic heterocycles. The first kappa shape index (κ1) is 16.7. The molecule has 0 radical (unpaired) electrons. The summed E-state index contributed by atoms with van der Waals surface area (Å²) in [4.78, 5) is 23.0. The van der Waals surface area contributed by atoms with Crippen molar-refractivity contribution in [1.29, 1.82) is 0 Å². The molecule has 6 nitrogen and oxygen atoms in total. The lowest BCUT2D eigenvalue weighted by Crippen LogP contribution is -2.12. The molecule has 0 saturated heterocycles. The zero-order valence-electron chi connectivity index (χ0n) is 13.7. The van der Waals surface area contributed by atoms with Crippen molar-refractivity contribution in [2.45, 2.75) is 33.7 Å². The molecule has 0 fully saturated rings. The van der Waals surface area contributed by atoms with Crippen molar-refractivity contribution in [3.05, 3.63) is 52.3 Å². The molecule has 6 heteroatoms. The van der Waals surface area contributed by atoms with E-state index >= 15 is 0 Å². The molecule has 1 atom stereocenters. The van der Waals surface area contributed by atoms with E-state index in [-0.39, 0.29) is 17.6 Å². The van der Waals surface area contributed by atoms with Crippen LogP contribution >= 0.6 is 0 Å². The number of hydrogen-bond acceptors (Lipinski definition) is 4. The number of carbonyl (C=O) groups excluding carboxylic acids is 1. The first-order valence-electron chi connectivity index (χ1n) is 7.42. The minimum absolute atomic E-state index is 0.125. The molecule has 2 aromatic rings. The van der Waals surface area contributed by atoms with Crippen LogP contribution in [0.4, 0.5) is 0 Å². The summed E-state index contributed by atoms with van der Waals surface area (Å²) in [6.07, 6.45) is 0. The summed E-state index contributed by atoms with van der Waals surface area (Å²) in [5.74, 6) is -1.33. The van der Waals surface area contributed by atoms with Gasteiger partial charge in [0.2, 0.25) is 0 Å². The second kappa shape index (κ2) is 6.64. The largest absolute Gasteiger partial charge is 0.478 e. The van der Waals surface area contributed by atoms with Gasteiger partial charge in [-0.05, 0) is 45.4 Å². The molecule has 0 aliphatic heterocycles. The van der Waals surface area contributed by atoms with Crippen molar-refractivity contribution in [3.63, 3.8) is 0 Å². The zero-order valence-corrected chi connectivity index (χ0v) is 13.7. The van der Waals surface area contributed by atoms with Gasteiger partial charge in [-0.2, -0.15) is 5.10 Å². The Morgan fingerprint density at radius 3 is 2.39 bits per heavy atom. The van der Waals surface area contributed by atoms with Crippen molar-refractivity contribution >= 4 is 11.9 Å². The van der Waals surface area contributed by atoms with E-state index in [0.717, 1.165) is 11.3 Å². The van der Waals surface area contributed by atoms with Crippen molar-refractivity contribution < 1.29 is 19.4 Å². The van der Waals surface area contributed by atoms with Crippen molar-refractivity contribution in [1.82, 2.24) is 9.78 Å². The van der Waals surface area contributed by atoms with Gasteiger partial charge in [-0.15, -0.1) is 0 Å². The van der Waals surface area contributed by atoms with E-state index in [2.05, 4.69) is 5.10 Å². The van der Waals surface area contributed by atoms with Crippen molar-refractivity contribution in [2.75, 3.05) is 6.61 Å². The maximum Gasteiger partial charge on any atom is 0.341 e. The highest BCUT2D eigenvalue weighted by atomic mass is 16.5. The Labute approximate surface area is 134 Å². The lowest BCUT2D eigenvalue weighted by Gasteiger charge is -2.15. The summed E-state index contributed by atoms with van der Waals surface area (Å²) in [5.41, 5.74) is 2.99. The number of ether oxygens (including phenoxy) is 1. The molecule has 1 heterocycles. The minimum atomic E-state index is -0.958. The second-order valence-electron chi connectivity index (χ2n) is 5.31. The van der Waals surface area contributed by atoms with Crippen molar-refractivity contribution in [2.24, 2.45) is 0 Å². The summed E-state index contributed by atoms with van der Waals surface area (Å²) in [7, 11) is 0. The van der Waals surface area contributed by atoms with Crippen LogP contribution in [-0.2, 0) is 4.74 Å². The number of hydrogen-bond donors (Lipinski definition) is 1. The second-order valence-corrected chi connectivity index (χ2v) is 5.31. The summed E-state index contributed by atoms with van der Waals surface area (Å²) in [5, 5.41) is 13.4. The highest BCUT2D eigenvalue weighted by molar-refractivity contribution is 5.91. The predicted octanol–water partition coefficient (Wildman–Crippen LogP) is 2.98. The number of benzene rings is 1. The van der Waals surface area contributed by atoms with Gasteiger partial charge in [-0.3, -0.25) is 4.68 Å². The van der Waals surface area contributed by atoms with Gasteiger partial charge in [0.1, 0.15) is 5.56 Å². The third-order valence-electron chi connectivity index (χ3n) is 3.81. The highest BCUT2D eigenvalue weighted by Crippen LogP contribution is 2.23. The zero-order chi connectivity index (χ0) is 17.1. The van der Waals surface area contributed by atoms with E-state index in [1.807, 2.05) is 13.8 Å². The normalized spacial score (nSPS) is 12.0. The highest BCUT2D eigenvalue weighted by Gasteiger charge is 2.22. The molecule has 2 rings (SSSR count). The van der Waals surface area contributed by atoms with E-state index in [4.69, 9.17) is 9.84 Å². The molecule has 122 valence electrons. The summed E-state index contributed by atoms with van der Waals surface area (Å²) in [6.45, 7) is 7.63. The van der Waals surface area contributed by atoms with E-state index in [0.29, 0.717) is 17.9 Å². The molecular formula is C17H20N2O4. The Bertz CT molecular complexity index is 732. The van der Waals surface area contributed by atoms with Crippen LogP contribution in [0, 0.1) is 13.8 Å². The van der Waals surface area contributed by atoms with E-state index in [1.165, 1.54) is 0 Å². The topological polar surface area (TPSA) is 81.4 Å². The maximum atomic E-state index is 12.0. The van der Waals surface area contributed by atoms with Crippen LogP contribution in [0.5, 0.6) is 0 Å². The van der Waals surface area contributed by atoms with Crippen LogP contribution in [0.15, 0.2) is 24.3 Å². The first-order valence-corrected chi connectivity index (χ1v) is 7.42. The average molecular weight is 316 g/mol. The summed E-state index contributed by atoms with van der Waals surface area (Å²) >= 11 is 0. The molecule has 0 amide bonds. The van der Waals surface area contributed by atoms with Gasteiger partial charge in [-0.1, -0.05) is 12.1 Å². The fourth-order valence-electron chi connectivity index (χ4n) is 2.58. The molecule has 1 aromatic carbocycles. The number of nitrogens with zero attached hydrogens (tertiary/aromatic N) is 2. The van der Waals surface area contributed by atoms with Gasteiger partial charge in [-0.25, -0.2) is 9.59 Å². The minimum Gasteiger partial charge on any atom is -0.478 e. The molecule has 0 bridgehead atoms. The predicted molar refractivity (Wildman–Crippen MR) is 84.9 cm³/mol. The Morgan fingerprint density at radius 2 is 1.87 bits per heavy atom. The molecule has 23 heavy (non-hydrogen) atoms. The molecule has 0 aliphatic carbocycles. The van der Waals surface area contributed by atoms with Crippen LogP contribution in [0.1, 0.15) is 57.6 Å². The van der Waals surface area contributed by atoms with E-state index in [1.54, 1.807) is 42.8 Å². The number of rotatable bonds is 5. The van der Waals surface area contributed by atoms with Crippen LogP contribution < -0.4 is 0 Å². The van der Waals surface area contributed by atoms with Gasteiger partial charge in [0.15, 0.2) is 0 Å². The lowest BCUT2D eigenvalue weighted by atomic mass is 10.1. The Morgan fingerprint density at radius 1 is 1.26 bits per heavy atom. The third kappa shape index (κ3) is 3.26. The molecule has 0 aliphatic rings. The Balaban J connectivity index is 2.36. The van der Waals surface area contributed by atoms with Crippen LogP contribution in [0.25, 0.3) is 0 Å². The van der Waals surface area contributed by atoms with E-state index in [9.17, 15) is 9.59 Å². The van der Waals surface area contributed by atoms with Gasteiger partial charge < -0.3 is 9.84 Å². The molecular weight excluding hydrogens is 296 g/mol. The lowest BCUT2D eigenvalue weighted by molar-refractivity contribution is 0.0524. The number of carboxylic acids is 1. The van der Waals surface area contributed by atoms with E-state index < -0.39 is 5.97 Å². The van der Waals surface area contributed by atoms with Gasteiger partial charge in [0, 0.05) is 0 Å². The first-order chi connectivity index (χ1) is 10.9. The van der Waals surface area contributed by atoms with Crippen LogP contribution in [-0.4, -0.2) is 33.4 Å². The summed E-state index contributed by atoms with van der Waals surface area (Å²) in [6, 6.07) is 6.52. The fraction of sp³-hybridized carbons (Fsp3) is 0.353. The molecule has 0 saturated carbocycles. The molecule has 0 spiro atoms. The standard InChI is InChI=1S/C17H20N2O4/c1-5-23-17(22)15-10(2)18-19(12(15)4)11(3)13-6-8-14(9-7-13)16(20)21/h6-9,11H,5H2,1-4H3,(H,20,21). The monoisotopic (exact) mass is 316 g/mol. The smallest absolute Gasteiger partial charge is 0.341 e. The number of aromatic carboxylic acids is 1. The van der Waals surface area contributed by atoms with Gasteiger partial charge in [0.25, 0.3) is 0 Å². The number of carbonyl (C=O) groups is 2. The number of aryl methyl sites for hydroxylation is 1. The maximum absolute atomic E-state index is 12.0. The van der Waals surface area contributed by atoms with Crippen LogP contribution in [0.2, 0.25) is 0 Å². The van der Waals surface area contributed by atoms with Crippen molar-refractivity contribution in [3.8, 4) is 0 Å². The average Bonchev–Trinajstić information content (AvgIpc) is 2.81. The number of carboxylic acid groups (broad SMARTS) is 1. The van der Waals surface area contributed by atoms with Gasteiger partial charge >= 0.3 is 11.9 Å². The Kier molecular flexibility index (Phi) is 4.83. The summed E-state index contributed by atoms with van der Waals surface area (Å²) < 4.78 is 6.83. The third-order valence-corrected chi connectivity index (χ3v) is 3.81. The fourth-order valence-corrected chi connectivity index (χ4v) is 2.58. The van der Waals surface area contributed by atoms with Crippen LogP contribution in [0.3, 0.4) is 0 Å². The number of aromatic nitrogens is 2. The van der Waals surface area contributed by atoms with Gasteiger partial charge in [0.05, 0.1) is 29.6 Å². The number of esters is 1. The molecule has 1 unspecified atom stereocenters.